The molecule has 1 saturated heterocycles. The Morgan fingerprint density at radius 3 is 3.05 bits per heavy atom. The molecule has 0 bridgehead atoms. The normalized spacial score (nSPS) is 19.4. The van der Waals surface area contributed by atoms with Gasteiger partial charge >= 0.3 is 0 Å². The first kappa shape index (κ1) is 12.9. The van der Waals surface area contributed by atoms with E-state index in [9.17, 15) is 4.79 Å². The standard InChI is InChI=1S/C16H18N2O2/c1-18-10-12(6-7-16(18)19)11-20-15-8-9-17-14-5-3-2-4-13(14)15/h2-5,8-9,12H,6-7,10-11H2,1H3. The van der Waals surface area contributed by atoms with Crippen LogP contribution in [0.2, 0.25) is 0 Å². The molecule has 104 valence electrons. The zero-order chi connectivity index (χ0) is 13.9. The van der Waals surface area contributed by atoms with Crippen LogP contribution in [0.4, 0.5) is 0 Å². The van der Waals surface area contributed by atoms with Gasteiger partial charge in [0.15, 0.2) is 0 Å². The summed E-state index contributed by atoms with van der Waals surface area (Å²) in [6.45, 7) is 1.42. The number of hydrogen-bond acceptors (Lipinski definition) is 3. The molecular formula is C16H18N2O2. The largest absolute Gasteiger partial charge is 0.492 e. The number of para-hydroxylation sites is 1. The third-order valence-corrected chi connectivity index (χ3v) is 3.81. The second kappa shape index (κ2) is 5.49. The summed E-state index contributed by atoms with van der Waals surface area (Å²) in [5.41, 5.74) is 0.945. The van der Waals surface area contributed by atoms with E-state index in [0.29, 0.717) is 18.9 Å². The maximum Gasteiger partial charge on any atom is 0.222 e. The van der Waals surface area contributed by atoms with Crippen molar-refractivity contribution in [3.8, 4) is 5.75 Å². The molecule has 0 spiro atoms. The van der Waals surface area contributed by atoms with E-state index in [0.717, 1.165) is 29.6 Å². The summed E-state index contributed by atoms with van der Waals surface area (Å²) in [5.74, 6) is 1.51. The molecule has 3 rings (SSSR count). The van der Waals surface area contributed by atoms with Crippen molar-refractivity contribution in [2.45, 2.75) is 12.8 Å². The van der Waals surface area contributed by atoms with E-state index in [2.05, 4.69) is 4.98 Å². The zero-order valence-corrected chi connectivity index (χ0v) is 11.6. The molecule has 1 unspecified atom stereocenters. The van der Waals surface area contributed by atoms with E-state index < -0.39 is 0 Å². The number of nitrogens with zero attached hydrogens (tertiary/aromatic N) is 2. The molecule has 1 atom stereocenters. The Bertz CT molecular complexity index is 621. The Hall–Kier alpha value is -2.10. The Kier molecular flexibility index (Phi) is 3.54. The molecule has 4 heteroatoms. The molecule has 1 amide bonds. The molecule has 0 radical (unpaired) electrons. The molecule has 0 saturated carbocycles. The van der Waals surface area contributed by atoms with Gasteiger partial charge in [0.1, 0.15) is 5.75 Å². The van der Waals surface area contributed by atoms with Crippen molar-refractivity contribution in [2.75, 3.05) is 20.2 Å². The van der Waals surface area contributed by atoms with E-state index in [1.807, 2.05) is 37.4 Å². The molecule has 1 aliphatic rings. The van der Waals surface area contributed by atoms with Gasteiger partial charge in [-0.05, 0) is 24.6 Å². The molecule has 4 nitrogen and oxygen atoms in total. The van der Waals surface area contributed by atoms with Crippen molar-refractivity contribution < 1.29 is 9.53 Å². The SMILES string of the molecule is CN1CC(COc2ccnc3ccccc23)CCC1=O. The van der Waals surface area contributed by atoms with E-state index in [1.54, 1.807) is 11.1 Å². The lowest BCUT2D eigenvalue weighted by Crippen LogP contribution is -2.38. The first-order valence-electron chi connectivity index (χ1n) is 6.94. The Labute approximate surface area is 118 Å². The van der Waals surface area contributed by atoms with Crippen molar-refractivity contribution in [3.63, 3.8) is 0 Å². The van der Waals surface area contributed by atoms with Gasteiger partial charge in [-0.3, -0.25) is 9.78 Å². The van der Waals surface area contributed by atoms with Crippen LogP contribution in [0, 0.1) is 5.92 Å². The van der Waals surface area contributed by atoms with Crippen molar-refractivity contribution in [1.29, 1.82) is 0 Å². The number of fused-ring (bicyclic) bond motifs is 1. The smallest absolute Gasteiger partial charge is 0.222 e. The molecule has 1 fully saturated rings. The maximum atomic E-state index is 11.5. The van der Waals surface area contributed by atoms with Crippen LogP contribution in [-0.2, 0) is 4.79 Å². The highest BCUT2D eigenvalue weighted by Crippen LogP contribution is 2.25. The van der Waals surface area contributed by atoms with Crippen LogP contribution >= 0.6 is 0 Å². The third kappa shape index (κ3) is 2.59. The fraction of sp³-hybridized carbons (Fsp3) is 0.375. The summed E-state index contributed by atoms with van der Waals surface area (Å²) in [6.07, 6.45) is 3.31. The van der Waals surface area contributed by atoms with Gasteiger partial charge in [-0.15, -0.1) is 0 Å². The number of benzene rings is 1. The lowest BCUT2D eigenvalue weighted by atomic mass is 9.99. The van der Waals surface area contributed by atoms with Gasteiger partial charge in [0, 0.05) is 37.5 Å². The molecule has 20 heavy (non-hydrogen) atoms. The fourth-order valence-corrected chi connectivity index (χ4v) is 2.64. The average Bonchev–Trinajstić information content (AvgIpc) is 2.48. The lowest BCUT2D eigenvalue weighted by Gasteiger charge is -2.29. The minimum Gasteiger partial charge on any atom is -0.492 e. The quantitative estimate of drug-likeness (QED) is 0.860. The van der Waals surface area contributed by atoms with E-state index in [-0.39, 0.29) is 5.91 Å². The maximum absolute atomic E-state index is 11.5. The number of ether oxygens (including phenoxy) is 1. The van der Waals surface area contributed by atoms with Crippen LogP contribution in [0.1, 0.15) is 12.8 Å². The summed E-state index contributed by atoms with van der Waals surface area (Å²) in [6, 6.07) is 9.87. The second-order valence-corrected chi connectivity index (χ2v) is 5.32. The summed E-state index contributed by atoms with van der Waals surface area (Å²) in [5, 5.41) is 1.04. The molecule has 0 aliphatic carbocycles. The van der Waals surface area contributed by atoms with E-state index in [4.69, 9.17) is 4.74 Å². The highest BCUT2D eigenvalue weighted by molar-refractivity contribution is 5.84. The number of pyridine rings is 1. The van der Waals surface area contributed by atoms with Crippen LogP contribution in [-0.4, -0.2) is 36.0 Å². The number of aromatic nitrogens is 1. The number of hydrogen-bond donors (Lipinski definition) is 0. The van der Waals surface area contributed by atoms with Gasteiger partial charge in [0.05, 0.1) is 12.1 Å². The third-order valence-electron chi connectivity index (χ3n) is 3.81. The molecule has 2 aromatic rings. The van der Waals surface area contributed by atoms with E-state index in [1.165, 1.54) is 0 Å². The molecule has 0 N–H and O–H groups in total. The second-order valence-electron chi connectivity index (χ2n) is 5.32. The summed E-state index contributed by atoms with van der Waals surface area (Å²) in [4.78, 5) is 17.6. The lowest BCUT2D eigenvalue weighted by molar-refractivity contribution is -0.133. The molecule has 1 aromatic carbocycles. The molecule has 1 aliphatic heterocycles. The minimum absolute atomic E-state index is 0.232. The highest BCUT2D eigenvalue weighted by Gasteiger charge is 2.23. The predicted octanol–water partition coefficient (Wildman–Crippen LogP) is 2.48. The van der Waals surface area contributed by atoms with Crippen molar-refractivity contribution in [2.24, 2.45) is 5.92 Å². The molecular weight excluding hydrogens is 252 g/mol. The van der Waals surface area contributed by atoms with Crippen LogP contribution in [0.15, 0.2) is 36.5 Å². The van der Waals surface area contributed by atoms with Crippen LogP contribution in [0.3, 0.4) is 0 Å². The number of rotatable bonds is 3. The van der Waals surface area contributed by atoms with Crippen molar-refractivity contribution in [1.82, 2.24) is 9.88 Å². The van der Waals surface area contributed by atoms with Gasteiger partial charge in [-0.2, -0.15) is 0 Å². The van der Waals surface area contributed by atoms with Gasteiger partial charge in [0.25, 0.3) is 0 Å². The summed E-state index contributed by atoms with van der Waals surface area (Å²) < 4.78 is 5.96. The average molecular weight is 270 g/mol. The van der Waals surface area contributed by atoms with Gasteiger partial charge in [0.2, 0.25) is 5.91 Å². The Morgan fingerprint density at radius 2 is 2.20 bits per heavy atom. The van der Waals surface area contributed by atoms with Crippen molar-refractivity contribution >= 4 is 16.8 Å². The summed E-state index contributed by atoms with van der Waals surface area (Å²) in [7, 11) is 1.86. The monoisotopic (exact) mass is 270 g/mol. The van der Waals surface area contributed by atoms with Gasteiger partial charge in [-0.1, -0.05) is 12.1 Å². The number of likely N-dealkylation sites (tertiary alicyclic amines) is 1. The first-order chi connectivity index (χ1) is 9.74. The van der Waals surface area contributed by atoms with Crippen LogP contribution in [0.25, 0.3) is 10.9 Å². The Morgan fingerprint density at radius 1 is 1.35 bits per heavy atom. The number of carbonyl (C=O) groups excluding carboxylic acids is 1. The fourth-order valence-electron chi connectivity index (χ4n) is 2.64. The molecule has 1 aromatic heterocycles. The van der Waals surface area contributed by atoms with Crippen molar-refractivity contribution in [3.05, 3.63) is 36.5 Å². The number of carbonyl (C=O) groups is 1. The van der Waals surface area contributed by atoms with E-state index >= 15 is 0 Å². The minimum atomic E-state index is 0.232. The van der Waals surface area contributed by atoms with Crippen LogP contribution in [0.5, 0.6) is 5.75 Å². The highest BCUT2D eigenvalue weighted by atomic mass is 16.5. The molecule has 2 heterocycles. The van der Waals surface area contributed by atoms with Crippen LogP contribution < -0.4 is 4.74 Å². The van der Waals surface area contributed by atoms with Gasteiger partial charge in [-0.25, -0.2) is 0 Å². The Balaban J connectivity index is 1.70. The first-order valence-corrected chi connectivity index (χ1v) is 6.94. The summed E-state index contributed by atoms with van der Waals surface area (Å²) >= 11 is 0. The number of amides is 1. The van der Waals surface area contributed by atoms with Gasteiger partial charge < -0.3 is 9.64 Å². The zero-order valence-electron chi connectivity index (χ0n) is 11.6. The topological polar surface area (TPSA) is 42.4 Å². The number of piperidine rings is 1. The predicted molar refractivity (Wildman–Crippen MR) is 77.6 cm³/mol.